The van der Waals surface area contributed by atoms with E-state index in [2.05, 4.69) is 25.1 Å². The van der Waals surface area contributed by atoms with Crippen LogP contribution in [-0.4, -0.2) is 34.9 Å². The van der Waals surface area contributed by atoms with Gasteiger partial charge in [0.05, 0.1) is 0 Å². The highest BCUT2D eigenvalue weighted by molar-refractivity contribution is 5.94. The molecule has 2 rings (SSSR count). The molecule has 0 atom stereocenters. The number of hydrogen-bond donors (Lipinski definition) is 1. The van der Waals surface area contributed by atoms with Crippen molar-refractivity contribution in [2.45, 2.75) is 32.5 Å². The molecule has 0 spiro atoms. The van der Waals surface area contributed by atoms with Crippen molar-refractivity contribution >= 4 is 12.1 Å². The fourth-order valence-electron chi connectivity index (χ4n) is 1.80. The summed E-state index contributed by atoms with van der Waals surface area (Å²) in [5.41, 5.74) is 0.655. The summed E-state index contributed by atoms with van der Waals surface area (Å²) >= 11 is 0. The first-order valence-corrected chi connectivity index (χ1v) is 7.74. The number of hydrogen-bond acceptors (Lipinski definition) is 6. The highest BCUT2D eigenvalue weighted by Gasteiger charge is 2.38. The van der Waals surface area contributed by atoms with E-state index in [1.807, 2.05) is 13.8 Å². The fraction of sp³-hybridized carbons (Fsp3) is 0.375. The second-order valence-corrected chi connectivity index (χ2v) is 5.48. The number of carbonyl (C=O) groups is 1. The van der Waals surface area contributed by atoms with Crippen LogP contribution in [-0.2, 0) is 11.0 Å². The first-order valence-electron chi connectivity index (χ1n) is 7.74. The molecule has 0 radical (unpaired) electrons. The maximum Gasteiger partial charge on any atom is 0.471 e. The number of carbonyl (C=O) groups excluding carboxylic acids is 1. The topological polar surface area (TPSA) is 89.6 Å². The molecule has 0 saturated carbocycles. The molecular weight excluding hydrogens is 353 g/mol. The molecular formula is C16H17F3N4O3. The van der Waals surface area contributed by atoms with Crippen LogP contribution in [0.2, 0.25) is 0 Å². The van der Waals surface area contributed by atoms with Gasteiger partial charge in [-0.15, -0.1) is 0 Å². The minimum Gasteiger partial charge on any atom is -0.393 e. The van der Waals surface area contributed by atoms with Gasteiger partial charge in [-0.1, -0.05) is 22.4 Å². The number of benzene rings is 1. The molecule has 0 saturated heterocycles. The van der Waals surface area contributed by atoms with Crippen molar-refractivity contribution in [2.24, 2.45) is 5.16 Å². The first kappa shape index (κ1) is 19.4. The van der Waals surface area contributed by atoms with Gasteiger partial charge in [0.15, 0.2) is 0 Å². The number of rotatable bonds is 7. The maximum absolute atomic E-state index is 12.5. The van der Waals surface area contributed by atoms with Crippen LogP contribution in [0.1, 0.15) is 36.5 Å². The number of amides is 1. The highest BCUT2D eigenvalue weighted by atomic mass is 19.4. The normalized spacial score (nSPS) is 11.9. The number of oxime groups is 1. The van der Waals surface area contributed by atoms with E-state index in [9.17, 15) is 18.0 Å². The lowest BCUT2D eigenvalue weighted by atomic mass is 10.1. The molecule has 0 aliphatic rings. The minimum atomic E-state index is -4.70. The highest BCUT2D eigenvalue weighted by Crippen LogP contribution is 2.29. The van der Waals surface area contributed by atoms with E-state index < -0.39 is 12.1 Å². The molecule has 2 aromatic rings. The van der Waals surface area contributed by atoms with Crippen LogP contribution in [0.15, 0.2) is 33.9 Å². The van der Waals surface area contributed by atoms with E-state index in [4.69, 9.17) is 4.84 Å². The zero-order valence-electron chi connectivity index (χ0n) is 14.1. The van der Waals surface area contributed by atoms with Crippen LogP contribution in [0, 0.1) is 0 Å². The van der Waals surface area contributed by atoms with Crippen molar-refractivity contribution < 1.29 is 27.3 Å². The molecule has 0 aliphatic carbocycles. The molecule has 0 unspecified atom stereocenters. The van der Waals surface area contributed by atoms with E-state index in [0.29, 0.717) is 24.1 Å². The predicted molar refractivity (Wildman–Crippen MR) is 86.4 cm³/mol. The molecule has 1 aromatic heterocycles. The van der Waals surface area contributed by atoms with Gasteiger partial charge in [-0.3, -0.25) is 4.79 Å². The smallest absolute Gasteiger partial charge is 0.393 e. The van der Waals surface area contributed by atoms with Gasteiger partial charge in [0.2, 0.25) is 5.82 Å². The molecule has 1 aromatic carbocycles. The summed E-state index contributed by atoms with van der Waals surface area (Å²) in [5.74, 6) is -1.94. The zero-order chi connectivity index (χ0) is 19.2. The summed E-state index contributed by atoms with van der Waals surface area (Å²) in [6.07, 6.45) is -2.66. The average Bonchev–Trinajstić information content (AvgIpc) is 3.08. The van der Waals surface area contributed by atoms with E-state index in [0.717, 1.165) is 0 Å². The molecule has 1 amide bonds. The largest absolute Gasteiger partial charge is 0.471 e. The Hall–Kier alpha value is -2.91. The van der Waals surface area contributed by atoms with Gasteiger partial charge in [0.25, 0.3) is 5.91 Å². The van der Waals surface area contributed by atoms with Gasteiger partial charge >= 0.3 is 12.1 Å². The Labute approximate surface area is 147 Å². The average molecular weight is 370 g/mol. The minimum absolute atomic E-state index is 0.00854. The third-order valence-corrected chi connectivity index (χ3v) is 2.98. The molecule has 0 bridgehead atoms. The summed E-state index contributed by atoms with van der Waals surface area (Å²) in [5, 5.41) is 9.70. The lowest BCUT2D eigenvalue weighted by Gasteiger charge is -2.04. The zero-order valence-corrected chi connectivity index (χ0v) is 14.1. The second kappa shape index (κ2) is 8.45. The Bertz CT molecular complexity index is 755. The summed E-state index contributed by atoms with van der Waals surface area (Å²) < 4.78 is 41.5. The van der Waals surface area contributed by atoms with Crippen LogP contribution < -0.4 is 5.32 Å². The van der Waals surface area contributed by atoms with Crippen molar-refractivity contribution in [3.05, 3.63) is 35.7 Å². The monoisotopic (exact) mass is 370 g/mol. The quantitative estimate of drug-likeness (QED) is 0.459. The molecule has 0 fully saturated rings. The summed E-state index contributed by atoms with van der Waals surface area (Å²) in [6.45, 7) is 4.06. The Morgan fingerprint density at radius 3 is 2.62 bits per heavy atom. The predicted octanol–water partition coefficient (Wildman–Crippen LogP) is 3.29. The second-order valence-electron chi connectivity index (χ2n) is 5.48. The molecule has 7 nitrogen and oxygen atoms in total. The number of nitrogens with one attached hydrogen (secondary N) is 1. The van der Waals surface area contributed by atoms with Gasteiger partial charge in [-0.2, -0.15) is 18.2 Å². The van der Waals surface area contributed by atoms with Crippen molar-refractivity contribution in [2.75, 3.05) is 6.54 Å². The number of nitrogens with zero attached hydrogens (tertiary/aromatic N) is 3. The molecule has 26 heavy (non-hydrogen) atoms. The van der Waals surface area contributed by atoms with Gasteiger partial charge in [-0.05, 0) is 26.0 Å². The molecule has 10 heteroatoms. The summed E-state index contributed by atoms with van der Waals surface area (Å²) in [4.78, 5) is 20.2. The van der Waals surface area contributed by atoms with Gasteiger partial charge in [0.1, 0.15) is 6.10 Å². The van der Waals surface area contributed by atoms with Crippen molar-refractivity contribution in [3.63, 3.8) is 0 Å². The number of halogens is 3. The third kappa shape index (κ3) is 5.57. The third-order valence-electron chi connectivity index (χ3n) is 2.98. The van der Waals surface area contributed by atoms with Crippen LogP contribution in [0.3, 0.4) is 0 Å². The van der Waals surface area contributed by atoms with Crippen molar-refractivity contribution in [1.82, 2.24) is 15.5 Å². The van der Waals surface area contributed by atoms with Crippen LogP contribution in [0.4, 0.5) is 13.2 Å². The standard InChI is InChI=1S/C16H17F3N4O3/c1-10(2)25-21-9-3-8-20-14(24)12-6-4-11(5-7-12)13-22-15(26-23-13)16(17,18)19/h4-7,9-10H,3,8H2,1-2H3,(H,20,24). The van der Waals surface area contributed by atoms with Gasteiger partial charge < -0.3 is 14.7 Å². The van der Waals surface area contributed by atoms with E-state index in [-0.39, 0.29) is 17.8 Å². The van der Waals surface area contributed by atoms with Crippen molar-refractivity contribution in [1.29, 1.82) is 0 Å². The van der Waals surface area contributed by atoms with E-state index in [1.165, 1.54) is 24.3 Å². The van der Waals surface area contributed by atoms with Gasteiger partial charge in [0, 0.05) is 30.3 Å². The first-order chi connectivity index (χ1) is 12.3. The van der Waals surface area contributed by atoms with Crippen LogP contribution >= 0.6 is 0 Å². The fourth-order valence-corrected chi connectivity index (χ4v) is 1.80. The number of alkyl halides is 3. The Morgan fingerprint density at radius 2 is 2.04 bits per heavy atom. The van der Waals surface area contributed by atoms with E-state index >= 15 is 0 Å². The van der Waals surface area contributed by atoms with Crippen LogP contribution in [0.25, 0.3) is 11.4 Å². The lowest BCUT2D eigenvalue weighted by molar-refractivity contribution is -0.159. The molecule has 140 valence electrons. The molecule has 1 heterocycles. The van der Waals surface area contributed by atoms with Gasteiger partial charge in [-0.25, -0.2) is 0 Å². The summed E-state index contributed by atoms with van der Waals surface area (Å²) in [6, 6.07) is 5.81. The Balaban J connectivity index is 1.89. The lowest BCUT2D eigenvalue weighted by Crippen LogP contribution is -2.24. The Kier molecular flexibility index (Phi) is 6.31. The maximum atomic E-state index is 12.5. The van der Waals surface area contributed by atoms with E-state index in [1.54, 1.807) is 6.21 Å². The summed E-state index contributed by atoms with van der Waals surface area (Å²) in [7, 11) is 0. The molecule has 0 aliphatic heterocycles. The Morgan fingerprint density at radius 1 is 1.35 bits per heavy atom. The van der Waals surface area contributed by atoms with Crippen LogP contribution in [0.5, 0.6) is 0 Å². The van der Waals surface area contributed by atoms with Crippen molar-refractivity contribution in [3.8, 4) is 11.4 Å². The SMILES string of the molecule is CC(C)ON=CCCNC(=O)c1ccc(-c2noc(C(F)(F)F)n2)cc1. The molecule has 1 N–H and O–H groups in total. The number of aromatic nitrogens is 2.